The first kappa shape index (κ1) is 18.2. The Balaban J connectivity index is 1.59. The number of aliphatic imine (C=N–C) groups is 1. The number of hydrogen-bond donors (Lipinski definition) is 2. The second-order valence-corrected chi connectivity index (χ2v) is 9.14. The Labute approximate surface area is 150 Å². The molecule has 0 bridgehead atoms. The number of likely N-dealkylation sites (tertiary alicyclic amines) is 1. The van der Waals surface area contributed by atoms with Gasteiger partial charge in [0.1, 0.15) is 0 Å². The van der Waals surface area contributed by atoms with Crippen LogP contribution in [0.2, 0.25) is 0 Å². The molecule has 3 rings (SSSR count). The fourth-order valence-corrected chi connectivity index (χ4v) is 4.60. The number of guanidine groups is 1. The predicted octanol–water partition coefficient (Wildman–Crippen LogP) is 1.69. The van der Waals surface area contributed by atoms with Crippen LogP contribution in [0.1, 0.15) is 36.8 Å². The minimum absolute atomic E-state index is 0.000704. The van der Waals surface area contributed by atoms with E-state index in [0.717, 1.165) is 30.2 Å². The van der Waals surface area contributed by atoms with Crippen molar-refractivity contribution in [2.24, 2.45) is 10.4 Å². The molecular formula is C18H28N4O2S. The summed E-state index contributed by atoms with van der Waals surface area (Å²) in [4.78, 5) is 6.79. The molecule has 1 aromatic rings. The molecule has 25 heavy (non-hydrogen) atoms. The normalized spacial score (nSPS) is 19.9. The fraction of sp³-hybridized carbons (Fsp3) is 0.611. The first-order valence-corrected chi connectivity index (χ1v) is 10.6. The number of hydrogen-bond acceptors (Lipinski definition) is 3. The van der Waals surface area contributed by atoms with Crippen molar-refractivity contribution < 1.29 is 8.42 Å². The van der Waals surface area contributed by atoms with Crippen molar-refractivity contribution in [1.29, 1.82) is 0 Å². The summed E-state index contributed by atoms with van der Waals surface area (Å²) in [5.74, 6) is 0.942. The van der Waals surface area contributed by atoms with Gasteiger partial charge in [0.25, 0.3) is 0 Å². The molecule has 138 valence electrons. The second-order valence-electron chi connectivity index (χ2n) is 7.21. The van der Waals surface area contributed by atoms with Gasteiger partial charge in [-0.2, -0.15) is 0 Å². The molecule has 2 aliphatic rings. The Bertz CT molecular complexity index is 741. The van der Waals surface area contributed by atoms with E-state index in [1.54, 1.807) is 0 Å². The van der Waals surface area contributed by atoms with Gasteiger partial charge in [0.15, 0.2) is 5.96 Å². The maximum absolute atomic E-state index is 11.7. The summed E-state index contributed by atoms with van der Waals surface area (Å²) in [5.41, 5.74) is 2.39. The summed E-state index contributed by atoms with van der Waals surface area (Å²) in [5, 5.41) is 3.43. The molecule has 6 nitrogen and oxygen atoms in total. The monoisotopic (exact) mass is 364 g/mol. The average molecular weight is 365 g/mol. The predicted molar refractivity (Wildman–Crippen MR) is 101 cm³/mol. The van der Waals surface area contributed by atoms with Gasteiger partial charge in [-0.15, -0.1) is 0 Å². The SMILES string of the molecule is CN=C(NCc1cccc(CS(=O)(=O)NC)c1)N1CCC2(CCC2)C1. The third kappa shape index (κ3) is 4.33. The van der Waals surface area contributed by atoms with E-state index in [-0.39, 0.29) is 5.75 Å². The number of rotatable bonds is 5. The average Bonchev–Trinajstić information content (AvgIpc) is 3.01. The minimum Gasteiger partial charge on any atom is -0.352 e. The third-order valence-corrected chi connectivity index (χ3v) is 6.81. The molecule has 1 aliphatic carbocycles. The van der Waals surface area contributed by atoms with Crippen molar-refractivity contribution in [1.82, 2.24) is 14.9 Å². The summed E-state index contributed by atoms with van der Waals surface area (Å²) in [6.45, 7) is 2.82. The molecule has 1 heterocycles. The molecule has 2 N–H and O–H groups in total. The van der Waals surface area contributed by atoms with Crippen molar-refractivity contribution in [3.05, 3.63) is 35.4 Å². The van der Waals surface area contributed by atoms with E-state index in [1.807, 2.05) is 31.3 Å². The number of nitrogens with zero attached hydrogens (tertiary/aromatic N) is 2. The Morgan fingerprint density at radius 1 is 1.28 bits per heavy atom. The first-order valence-electron chi connectivity index (χ1n) is 8.90. The molecule has 1 saturated heterocycles. The lowest BCUT2D eigenvalue weighted by atomic mass is 9.68. The van der Waals surface area contributed by atoms with Gasteiger partial charge in [0.05, 0.1) is 5.75 Å². The van der Waals surface area contributed by atoms with Crippen LogP contribution < -0.4 is 10.0 Å². The molecule has 7 heteroatoms. The smallest absolute Gasteiger partial charge is 0.215 e. The van der Waals surface area contributed by atoms with Crippen LogP contribution in [0.5, 0.6) is 0 Å². The largest absolute Gasteiger partial charge is 0.352 e. The maximum atomic E-state index is 11.7. The molecule has 1 aliphatic heterocycles. The third-order valence-electron chi connectivity index (χ3n) is 5.47. The number of benzene rings is 1. The van der Waals surface area contributed by atoms with Gasteiger partial charge in [-0.25, -0.2) is 13.1 Å². The zero-order chi connectivity index (χ0) is 17.9. The van der Waals surface area contributed by atoms with Crippen molar-refractivity contribution in [3.8, 4) is 0 Å². The highest BCUT2D eigenvalue weighted by Crippen LogP contribution is 2.47. The zero-order valence-corrected chi connectivity index (χ0v) is 15.9. The molecule has 0 amide bonds. The summed E-state index contributed by atoms with van der Waals surface area (Å²) >= 11 is 0. The standard InChI is InChI=1S/C18H28N4O2S/c1-19-17(22-10-9-18(14-22)7-4-8-18)21-12-15-5-3-6-16(11-15)13-25(23,24)20-2/h3,5-6,11,20H,4,7-10,12-14H2,1-2H3,(H,19,21). The fourth-order valence-electron chi connectivity index (χ4n) is 3.84. The van der Waals surface area contributed by atoms with Gasteiger partial charge in [-0.3, -0.25) is 4.99 Å². The van der Waals surface area contributed by atoms with Crippen LogP contribution in [0.15, 0.2) is 29.3 Å². The lowest BCUT2D eigenvalue weighted by molar-refractivity contribution is 0.151. The highest BCUT2D eigenvalue weighted by Gasteiger charge is 2.43. The van der Waals surface area contributed by atoms with Gasteiger partial charge >= 0.3 is 0 Å². The number of nitrogens with one attached hydrogen (secondary N) is 2. The van der Waals surface area contributed by atoms with E-state index >= 15 is 0 Å². The second kappa shape index (κ2) is 7.33. The molecule has 0 atom stereocenters. The summed E-state index contributed by atoms with van der Waals surface area (Å²) in [6, 6.07) is 7.69. The van der Waals surface area contributed by atoms with E-state index in [2.05, 4.69) is 19.9 Å². The Hall–Kier alpha value is -1.60. The van der Waals surface area contributed by atoms with Gasteiger partial charge in [-0.05, 0) is 42.9 Å². The van der Waals surface area contributed by atoms with Crippen LogP contribution in [0.4, 0.5) is 0 Å². The molecule has 1 saturated carbocycles. The quantitative estimate of drug-likeness (QED) is 0.616. The molecular weight excluding hydrogens is 336 g/mol. The molecule has 1 spiro atoms. The zero-order valence-electron chi connectivity index (χ0n) is 15.1. The van der Waals surface area contributed by atoms with Gasteiger partial charge in [0.2, 0.25) is 10.0 Å². The highest BCUT2D eigenvalue weighted by molar-refractivity contribution is 7.88. The molecule has 0 unspecified atom stereocenters. The van der Waals surface area contributed by atoms with Gasteiger partial charge < -0.3 is 10.2 Å². The van der Waals surface area contributed by atoms with Crippen molar-refractivity contribution >= 4 is 16.0 Å². The van der Waals surface area contributed by atoms with Gasteiger partial charge in [-0.1, -0.05) is 30.7 Å². The van der Waals surface area contributed by atoms with Crippen molar-refractivity contribution in [3.63, 3.8) is 0 Å². The van der Waals surface area contributed by atoms with Crippen LogP contribution >= 0.6 is 0 Å². The number of sulfonamides is 1. The van der Waals surface area contributed by atoms with Crippen molar-refractivity contribution in [2.45, 2.75) is 38.0 Å². The minimum atomic E-state index is -3.25. The summed E-state index contributed by atoms with van der Waals surface area (Å²) in [7, 11) is 0.0134. The molecule has 0 aromatic heterocycles. The van der Waals surface area contributed by atoms with Crippen LogP contribution in [-0.4, -0.2) is 46.5 Å². The summed E-state index contributed by atoms with van der Waals surface area (Å²) in [6.07, 6.45) is 5.33. The Morgan fingerprint density at radius 2 is 2.04 bits per heavy atom. The Kier molecular flexibility index (Phi) is 5.34. The Morgan fingerprint density at radius 3 is 2.64 bits per heavy atom. The molecule has 0 radical (unpaired) electrons. The lowest BCUT2D eigenvalue weighted by Gasteiger charge is -2.38. The van der Waals surface area contributed by atoms with E-state index in [0.29, 0.717) is 12.0 Å². The highest BCUT2D eigenvalue weighted by atomic mass is 32.2. The summed E-state index contributed by atoms with van der Waals surface area (Å²) < 4.78 is 25.8. The van der Waals surface area contributed by atoms with Crippen molar-refractivity contribution in [2.75, 3.05) is 27.2 Å². The van der Waals surface area contributed by atoms with Crippen LogP contribution in [0.3, 0.4) is 0 Å². The first-order chi connectivity index (χ1) is 12.0. The van der Waals surface area contributed by atoms with Crippen LogP contribution in [-0.2, 0) is 22.3 Å². The van der Waals surface area contributed by atoms with Gasteiger partial charge in [0, 0.05) is 26.7 Å². The lowest BCUT2D eigenvalue weighted by Crippen LogP contribution is -2.42. The molecule has 2 fully saturated rings. The molecule has 1 aromatic carbocycles. The van der Waals surface area contributed by atoms with E-state index in [4.69, 9.17) is 0 Å². The van der Waals surface area contributed by atoms with E-state index in [1.165, 1.54) is 32.7 Å². The van der Waals surface area contributed by atoms with E-state index < -0.39 is 10.0 Å². The van der Waals surface area contributed by atoms with Crippen LogP contribution in [0.25, 0.3) is 0 Å². The maximum Gasteiger partial charge on any atom is 0.215 e. The van der Waals surface area contributed by atoms with Crippen LogP contribution in [0, 0.1) is 5.41 Å². The van der Waals surface area contributed by atoms with E-state index in [9.17, 15) is 8.42 Å². The topological polar surface area (TPSA) is 73.8 Å².